The normalized spacial score (nSPS) is 22.3. The number of para-hydroxylation sites is 1. The highest BCUT2D eigenvalue weighted by atomic mass is 19.1. The highest BCUT2D eigenvalue weighted by molar-refractivity contribution is 6.05. The topological polar surface area (TPSA) is 79.3 Å². The van der Waals surface area contributed by atoms with E-state index in [0.717, 1.165) is 0 Å². The standard InChI is InChI=1S/C16H15FN2O3/c1-16(2)11(12(16)15(21)22)14(20)19-10-6-7-18-13-8(10)4-3-5-9(13)17/h3-7,11-12H,1-2H3,(H,21,22)(H,18,19,20)/t11-,12-/m0/s1. The summed E-state index contributed by atoms with van der Waals surface area (Å²) in [5.41, 5.74) is 0.0239. The van der Waals surface area contributed by atoms with Crippen LogP contribution in [0.2, 0.25) is 0 Å². The lowest BCUT2D eigenvalue weighted by Crippen LogP contribution is -2.18. The highest BCUT2D eigenvalue weighted by Crippen LogP contribution is 2.58. The van der Waals surface area contributed by atoms with Gasteiger partial charge in [-0.2, -0.15) is 0 Å². The van der Waals surface area contributed by atoms with Crippen molar-refractivity contribution >= 4 is 28.5 Å². The second-order valence-electron chi connectivity index (χ2n) is 6.10. The van der Waals surface area contributed by atoms with Gasteiger partial charge in [0.1, 0.15) is 11.3 Å². The molecule has 2 aromatic rings. The molecule has 0 spiro atoms. The summed E-state index contributed by atoms with van der Waals surface area (Å²) in [7, 11) is 0. The molecule has 0 bridgehead atoms. The molecule has 2 atom stereocenters. The van der Waals surface area contributed by atoms with E-state index in [2.05, 4.69) is 10.3 Å². The number of amides is 1. The van der Waals surface area contributed by atoms with Crippen molar-refractivity contribution in [2.24, 2.45) is 17.3 Å². The third-order valence-corrected chi connectivity index (χ3v) is 4.36. The minimum Gasteiger partial charge on any atom is -0.481 e. The lowest BCUT2D eigenvalue weighted by atomic mass is 10.1. The highest BCUT2D eigenvalue weighted by Gasteiger charge is 2.65. The van der Waals surface area contributed by atoms with Crippen LogP contribution in [0.1, 0.15) is 13.8 Å². The Morgan fingerprint density at radius 2 is 2.00 bits per heavy atom. The largest absolute Gasteiger partial charge is 0.481 e. The van der Waals surface area contributed by atoms with E-state index >= 15 is 0 Å². The van der Waals surface area contributed by atoms with E-state index in [-0.39, 0.29) is 11.4 Å². The number of nitrogens with one attached hydrogen (secondary N) is 1. The smallest absolute Gasteiger partial charge is 0.307 e. The molecule has 5 nitrogen and oxygen atoms in total. The van der Waals surface area contributed by atoms with E-state index in [9.17, 15) is 14.0 Å². The fourth-order valence-electron chi connectivity index (χ4n) is 3.05. The molecule has 1 saturated carbocycles. The molecular formula is C16H15FN2O3. The van der Waals surface area contributed by atoms with Crippen molar-refractivity contribution in [1.29, 1.82) is 0 Å². The Balaban J connectivity index is 1.90. The monoisotopic (exact) mass is 302 g/mol. The molecule has 2 N–H and O–H groups in total. The Morgan fingerprint density at radius 3 is 2.64 bits per heavy atom. The summed E-state index contributed by atoms with van der Waals surface area (Å²) in [6.45, 7) is 3.50. The Kier molecular flexibility index (Phi) is 3.12. The maximum Gasteiger partial charge on any atom is 0.307 e. The SMILES string of the molecule is CC1(C)[C@H](C(=O)O)[C@H]1C(=O)Nc1ccnc2c(F)cccc12. The number of carbonyl (C=O) groups excluding carboxylic acids is 1. The average molecular weight is 302 g/mol. The van der Waals surface area contributed by atoms with Crippen LogP contribution in [0.4, 0.5) is 10.1 Å². The minimum atomic E-state index is -0.976. The predicted molar refractivity (Wildman–Crippen MR) is 78.7 cm³/mol. The molecular weight excluding hydrogens is 287 g/mol. The molecule has 1 aromatic carbocycles. The first-order chi connectivity index (χ1) is 10.3. The molecule has 1 heterocycles. The third-order valence-electron chi connectivity index (χ3n) is 4.36. The van der Waals surface area contributed by atoms with E-state index in [4.69, 9.17) is 5.11 Å². The Bertz CT molecular complexity index is 788. The molecule has 1 aromatic heterocycles. The maximum atomic E-state index is 13.7. The van der Waals surface area contributed by atoms with Gasteiger partial charge in [-0.05, 0) is 17.5 Å². The lowest BCUT2D eigenvalue weighted by Gasteiger charge is -2.09. The van der Waals surface area contributed by atoms with E-state index in [1.54, 1.807) is 26.0 Å². The number of nitrogens with zero attached hydrogens (tertiary/aromatic N) is 1. The van der Waals surface area contributed by atoms with Crippen molar-refractivity contribution in [3.8, 4) is 0 Å². The van der Waals surface area contributed by atoms with Crippen LogP contribution in [0.15, 0.2) is 30.5 Å². The number of carboxylic acids is 1. The first kappa shape index (κ1) is 14.4. The van der Waals surface area contributed by atoms with E-state index in [1.165, 1.54) is 18.3 Å². The number of carbonyl (C=O) groups is 2. The number of halogens is 1. The average Bonchev–Trinajstić information content (AvgIpc) is 3.03. The van der Waals surface area contributed by atoms with Crippen molar-refractivity contribution in [2.75, 3.05) is 5.32 Å². The van der Waals surface area contributed by atoms with Crippen molar-refractivity contribution < 1.29 is 19.1 Å². The fourth-order valence-corrected chi connectivity index (χ4v) is 3.05. The summed E-state index contributed by atoms with van der Waals surface area (Å²) >= 11 is 0. The van der Waals surface area contributed by atoms with Crippen LogP contribution in [0.3, 0.4) is 0 Å². The Morgan fingerprint density at radius 1 is 1.27 bits per heavy atom. The van der Waals surface area contributed by atoms with Gasteiger partial charge >= 0.3 is 5.97 Å². The Labute approximate surface area is 126 Å². The number of hydrogen-bond donors (Lipinski definition) is 2. The van der Waals surface area contributed by atoms with Crippen LogP contribution in [-0.2, 0) is 9.59 Å². The second-order valence-corrected chi connectivity index (χ2v) is 6.10. The van der Waals surface area contributed by atoms with Crippen molar-refractivity contribution in [3.05, 3.63) is 36.3 Å². The molecule has 0 saturated heterocycles. The van der Waals surface area contributed by atoms with Crippen LogP contribution >= 0.6 is 0 Å². The molecule has 22 heavy (non-hydrogen) atoms. The van der Waals surface area contributed by atoms with Crippen LogP contribution in [0.25, 0.3) is 10.9 Å². The van der Waals surface area contributed by atoms with Crippen molar-refractivity contribution in [1.82, 2.24) is 4.98 Å². The molecule has 0 unspecified atom stereocenters. The van der Waals surface area contributed by atoms with E-state index in [0.29, 0.717) is 11.1 Å². The number of pyridine rings is 1. The summed E-state index contributed by atoms with van der Waals surface area (Å²) in [6.07, 6.45) is 1.41. The number of hydrogen-bond acceptors (Lipinski definition) is 3. The number of rotatable bonds is 3. The molecule has 1 amide bonds. The lowest BCUT2D eigenvalue weighted by molar-refractivity contribution is -0.140. The van der Waals surface area contributed by atoms with Gasteiger partial charge in [-0.25, -0.2) is 4.39 Å². The van der Waals surface area contributed by atoms with Crippen LogP contribution in [0.5, 0.6) is 0 Å². The summed E-state index contributed by atoms with van der Waals surface area (Å²) in [4.78, 5) is 27.5. The van der Waals surface area contributed by atoms with Gasteiger partial charge in [0.25, 0.3) is 0 Å². The predicted octanol–water partition coefficient (Wildman–Crippen LogP) is 2.67. The first-order valence-electron chi connectivity index (χ1n) is 6.91. The van der Waals surface area contributed by atoms with Gasteiger partial charge < -0.3 is 10.4 Å². The zero-order chi connectivity index (χ0) is 16.1. The van der Waals surface area contributed by atoms with Gasteiger partial charge in [0, 0.05) is 11.6 Å². The molecule has 6 heteroatoms. The molecule has 1 fully saturated rings. The zero-order valence-corrected chi connectivity index (χ0v) is 12.1. The van der Waals surface area contributed by atoms with Crippen LogP contribution in [0, 0.1) is 23.1 Å². The summed E-state index contributed by atoms with van der Waals surface area (Å²) in [5.74, 6) is -3.10. The van der Waals surface area contributed by atoms with Gasteiger partial charge in [-0.15, -0.1) is 0 Å². The van der Waals surface area contributed by atoms with Crippen molar-refractivity contribution in [2.45, 2.75) is 13.8 Å². The Hall–Kier alpha value is -2.50. The maximum absolute atomic E-state index is 13.7. The van der Waals surface area contributed by atoms with E-state index in [1.807, 2.05) is 0 Å². The molecule has 0 aliphatic heterocycles. The first-order valence-corrected chi connectivity index (χ1v) is 6.91. The quantitative estimate of drug-likeness (QED) is 0.913. The molecule has 0 radical (unpaired) electrons. The van der Waals surface area contributed by atoms with Gasteiger partial charge in [-0.3, -0.25) is 14.6 Å². The summed E-state index contributed by atoms with van der Waals surface area (Å²) in [6, 6.07) is 6.07. The molecule has 1 aliphatic carbocycles. The third kappa shape index (κ3) is 2.11. The number of aliphatic carboxylic acids is 1. The van der Waals surface area contributed by atoms with Crippen LogP contribution in [-0.4, -0.2) is 22.0 Å². The van der Waals surface area contributed by atoms with Crippen molar-refractivity contribution in [3.63, 3.8) is 0 Å². The number of benzene rings is 1. The van der Waals surface area contributed by atoms with Gasteiger partial charge in [0.05, 0.1) is 17.5 Å². The van der Waals surface area contributed by atoms with Gasteiger partial charge in [-0.1, -0.05) is 26.0 Å². The van der Waals surface area contributed by atoms with E-state index < -0.39 is 29.0 Å². The van der Waals surface area contributed by atoms with Gasteiger partial charge in [0.2, 0.25) is 5.91 Å². The van der Waals surface area contributed by atoms with Gasteiger partial charge in [0.15, 0.2) is 0 Å². The second kappa shape index (κ2) is 4.76. The summed E-state index contributed by atoms with van der Waals surface area (Å²) in [5, 5.41) is 12.3. The zero-order valence-electron chi connectivity index (χ0n) is 12.1. The molecule has 114 valence electrons. The number of carboxylic acid groups (broad SMARTS) is 1. The number of aromatic nitrogens is 1. The van der Waals surface area contributed by atoms with Crippen LogP contribution < -0.4 is 5.32 Å². The molecule has 3 rings (SSSR count). The summed E-state index contributed by atoms with van der Waals surface area (Å²) < 4.78 is 13.7. The minimum absolute atomic E-state index is 0.171. The molecule has 1 aliphatic rings. The fraction of sp³-hybridized carbons (Fsp3) is 0.312. The number of fused-ring (bicyclic) bond motifs is 1. The number of anilines is 1.